The maximum absolute atomic E-state index is 13.5. The van der Waals surface area contributed by atoms with Crippen LogP contribution in [0.1, 0.15) is 48.1 Å². The molecule has 3 heterocycles. The fourth-order valence-electron chi connectivity index (χ4n) is 8.62. The first kappa shape index (κ1) is 25.1. The molecule has 2 saturated carbocycles. The molecule has 1 N–H and O–H groups in total. The van der Waals surface area contributed by atoms with Crippen molar-refractivity contribution >= 4 is 39.2 Å². The van der Waals surface area contributed by atoms with E-state index in [2.05, 4.69) is 45.9 Å². The minimum Gasteiger partial charge on any atom is -0.504 e. The third-order valence-electron chi connectivity index (χ3n) is 10.4. The van der Waals surface area contributed by atoms with E-state index < -0.39 is 0 Å². The maximum Gasteiger partial charge on any atom is 0.246 e. The molecular weight excluding hydrogens is 562 g/mol. The summed E-state index contributed by atoms with van der Waals surface area (Å²) < 4.78 is 7.88. The van der Waals surface area contributed by atoms with E-state index in [1.165, 1.54) is 30.5 Å². The van der Waals surface area contributed by atoms with Gasteiger partial charge in [-0.15, -0.1) is 11.3 Å². The number of nitrogens with zero attached hydrogens (tertiary/aromatic N) is 3. The van der Waals surface area contributed by atoms with Gasteiger partial charge in [0.15, 0.2) is 11.5 Å². The number of piperidine rings is 1. The van der Waals surface area contributed by atoms with Crippen LogP contribution in [0.3, 0.4) is 0 Å². The van der Waals surface area contributed by atoms with E-state index in [0.717, 1.165) is 47.5 Å². The summed E-state index contributed by atoms with van der Waals surface area (Å²) in [4.78, 5) is 21.7. The number of phenolic OH excluding ortho intramolecular Hbond substituents is 1. The fraction of sp³-hybridized carbons (Fsp3) is 0.567. The summed E-state index contributed by atoms with van der Waals surface area (Å²) >= 11 is 5.11. The molecule has 3 fully saturated rings. The fourth-order valence-corrected chi connectivity index (χ4v) is 9.96. The zero-order valence-electron chi connectivity index (χ0n) is 22.3. The minimum absolute atomic E-state index is 0.00388. The standard InChI is InChI=1S/C30H36BrN3O3S/c1-32(2)30-11-10-22(33(3)25(36)9-7-21-15-20(31)17-38-21)28-29(30)12-13-34(16-18-4-5-18)24(30)14-19-6-8-23(35)27(37-28)26(19)29/h6-9,15,17-18,22,24,28,35H,4-5,10-14,16H2,1-3H3/b9-7+/t22-,24+,28-,29-,30+/m0/s1. The predicted molar refractivity (Wildman–Crippen MR) is 154 cm³/mol. The lowest BCUT2D eigenvalue weighted by molar-refractivity contribution is -0.160. The molecule has 1 saturated heterocycles. The summed E-state index contributed by atoms with van der Waals surface area (Å²) in [5, 5.41) is 13.0. The van der Waals surface area contributed by atoms with E-state index in [4.69, 9.17) is 4.74 Å². The number of ether oxygens (including phenoxy) is 1. The Balaban J connectivity index is 1.30. The topological polar surface area (TPSA) is 56.2 Å². The van der Waals surface area contributed by atoms with Gasteiger partial charge in [0.1, 0.15) is 6.10 Å². The van der Waals surface area contributed by atoms with Crippen LogP contribution in [-0.4, -0.2) is 83.7 Å². The normalized spacial score (nSPS) is 33.4. The van der Waals surface area contributed by atoms with Crippen LogP contribution >= 0.6 is 27.3 Å². The van der Waals surface area contributed by atoms with Gasteiger partial charge in [0.2, 0.25) is 5.91 Å². The lowest BCUT2D eigenvalue weighted by atomic mass is 9.46. The van der Waals surface area contributed by atoms with Gasteiger partial charge in [-0.25, -0.2) is 0 Å². The van der Waals surface area contributed by atoms with Crippen LogP contribution in [0, 0.1) is 5.92 Å². The highest BCUT2D eigenvalue weighted by molar-refractivity contribution is 9.10. The van der Waals surface area contributed by atoms with E-state index >= 15 is 0 Å². The van der Waals surface area contributed by atoms with Gasteiger partial charge in [-0.05, 0) is 105 Å². The number of likely N-dealkylation sites (N-methyl/N-ethyl adjacent to an activating group) is 2. The molecule has 1 spiro atoms. The van der Waals surface area contributed by atoms with Gasteiger partial charge in [-0.3, -0.25) is 9.69 Å². The van der Waals surface area contributed by atoms with Crippen molar-refractivity contribution in [2.24, 2.45) is 5.92 Å². The van der Waals surface area contributed by atoms with Gasteiger partial charge in [0, 0.05) is 51.5 Å². The molecule has 38 heavy (non-hydrogen) atoms. The number of hydrogen-bond donors (Lipinski definition) is 1. The van der Waals surface area contributed by atoms with E-state index in [1.54, 1.807) is 17.4 Å². The smallest absolute Gasteiger partial charge is 0.246 e. The average Bonchev–Trinajstić information content (AvgIpc) is 3.51. The lowest BCUT2D eigenvalue weighted by Crippen LogP contribution is -2.82. The number of likely N-dealkylation sites (tertiary alicyclic amines) is 1. The van der Waals surface area contributed by atoms with Crippen molar-refractivity contribution in [3.05, 3.63) is 50.1 Å². The van der Waals surface area contributed by atoms with Crippen LogP contribution in [0.25, 0.3) is 6.08 Å². The summed E-state index contributed by atoms with van der Waals surface area (Å²) in [7, 11) is 6.42. The first-order valence-corrected chi connectivity index (χ1v) is 15.6. The van der Waals surface area contributed by atoms with Crippen LogP contribution in [0.15, 0.2) is 34.1 Å². The maximum atomic E-state index is 13.5. The molecule has 0 radical (unpaired) electrons. The van der Waals surface area contributed by atoms with Crippen LogP contribution in [-0.2, 0) is 16.6 Å². The molecule has 5 atom stereocenters. The summed E-state index contributed by atoms with van der Waals surface area (Å²) in [6.07, 6.45) is 9.97. The van der Waals surface area contributed by atoms with E-state index in [0.29, 0.717) is 11.8 Å². The number of amides is 1. The summed E-state index contributed by atoms with van der Waals surface area (Å²) in [6.45, 7) is 2.23. The monoisotopic (exact) mass is 597 g/mol. The quantitative estimate of drug-likeness (QED) is 0.481. The van der Waals surface area contributed by atoms with Crippen LogP contribution < -0.4 is 4.74 Å². The predicted octanol–water partition coefficient (Wildman–Crippen LogP) is 4.89. The first-order valence-electron chi connectivity index (χ1n) is 13.9. The molecule has 3 aliphatic carbocycles. The van der Waals surface area contributed by atoms with Crippen LogP contribution in [0.4, 0.5) is 0 Å². The Morgan fingerprint density at radius 3 is 2.79 bits per heavy atom. The highest BCUT2D eigenvalue weighted by Crippen LogP contribution is 2.67. The van der Waals surface area contributed by atoms with Gasteiger partial charge in [-0.1, -0.05) is 6.07 Å². The zero-order valence-corrected chi connectivity index (χ0v) is 24.7. The number of thiophene rings is 1. The number of halogens is 1. The average molecular weight is 599 g/mol. The third-order valence-corrected chi connectivity index (χ3v) is 12.0. The number of benzene rings is 1. The second kappa shape index (κ2) is 8.82. The number of carbonyl (C=O) groups is 1. The summed E-state index contributed by atoms with van der Waals surface area (Å²) in [5.41, 5.74) is 2.18. The Morgan fingerprint density at radius 1 is 1.26 bits per heavy atom. The molecule has 2 aromatic rings. The van der Waals surface area contributed by atoms with Crippen molar-refractivity contribution < 1.29 is 14.6 Å². The summed E-state index contributed by atoms with van der Waals surface area (Å²) in [6, 6.07) is 6.31. The Labute approximate surface area is 237 Å². The van der Waals surface area contributed by atoms with Gasteiger partial charge in [0.25, 0.3) is 0 Å². The Hall–Kier alpha value is -1.87. The molecule has 1 aromatic carbocycles. The van der Waals surface area contributed by atoms with Crippen molar-refractivity contribution in [2.45, 2.75) is 67.7 Å². The van der Waals surface area contributed by atoms with Crippen molar-refractivity contribution in [3.8, 4) is 11.5 Å². The van der Waals surface area contributed by atoms with Crippen LogP contribution in [0.2, 0.25) is 0 Å². The largest absolute Gasteiger partial charge is 0.504 e. The molecule has 6 nitrogen and oxygen atoms in total. The van der Waals surface area contributed by atoms with Crippen LogP contribution in [0.5, 0.6) is 11.5 Å². The molecule has 0 unspecified atom stereocenters. The molecule has 7 rings (SSSR count). The van der Waals surface area contributed by atoms with Gasteiger partial charge >= 0.3 is 0 Å². The Bertz CT molecular complexity index is 1320. The van der Waals surface area contributed by atoms with Crippen molar-refractivity contribution in [3.63, 3.8) is 0 Å². The second-order valence-corrected chi connectivity index (χ2v) is 14.1. The van der Waals surface area contributed by atoms with Gasteiger partial charge in [-0.2, -0.15) is 0 Å². The van der Waals surface area contributed by atoms with E-state index in [9.17, 15) is 9.90 Å². The molecule has 1 aromatic heterocycles. The van der Waals surface area contributed by atoms with Gasteiger partial charge in [0.05, 0.1) is 11.5 Å². The minimum atomic E-state index is -0.261. The number of phenols is 1. The van der Waals surface area contributed by atoms with Crippen molar-refractivity contribution in [1.29, 1.82) is 0 Å². The number of aromatic hydroxyl groups is 1. The lowest BCUT2D eigenvalue weighted by Gasteiger charge is -2.69. The molecule has 202 valence electrons. The molecule has 2 bridgehead atoms. The zero-order chi connectivity index (χ0) is 26.4. The first-order chi connectivity index (χ1) is 18.3. The molecule has 5 aliphatic rings. The molecule has 8 heteroatoms. The highest BCUT2D eigenvalue weighted by Gasteiger charge is 2.74. The van der Waals surface area contributed by atoms with Gasteiger partial charge < -0.3 is 19.6 Å². The Morgan fingerprint density at radius 2 is 2.08 bits per heavy atom. The molecule has 2 aliphatic heterocycles. The number of rotatable bonds is 6. The second-order valence-electron chi connectivity index (χ2n) is 12.2. The van der Waals surface area contributed by atoms with E-state index in [-0.39, 0.29) is 34.8 Å². The highest BCUT2D eigenvalue weighted by atomic mass is 79.9. The Kier molecular flexibility index (Phi) is 5.83. The van der Waals surface area contributed by atoms with E-state index in [1.807, 2.05) is 35.5 Å². The molecule has 1 amide bonds. The SMILES string of the molecule is CN(C(=O)/C=C/c1cc(Br)cs1)[C@H]1CC[C@@]2(N(C)C)[C@H]3Cc4ccc(O)c5c4[C@@]2(CCN3CC2CC2)[C@H]1O5. The molecular formula is C30H36BrN3O3S. The number of carbonyl (C=O) groups excluding carboxylic acids is 1. The van der Waals surface area contributed by atoms with Crippen molar-refractivity contribution in [1.82, 2.24) is 14.7 Å². The third kappa shape index (κ3) is 3.39. The summed E-state index contributed by atoms with van der Waals surface area (Å²) in [5.74, 6) is 1.73. The van der Waals surface area contributed by atoms with Crippen molar-refractivity contribution in [2.75, 3.05) is 34.2 Å². The number of hydrogen-bond acceptors (Lipinski definition) is 6.